The van der Waals surface area contributed by atoms with Gasteiger partial charge in [0.2, 0.25) is 5.88 Å². The number of nitrogens with zero attached hydrogens (tertiary/aromatic N) is 1. The zero-order chi connectivity index (χ0) is 10.6. The van der Waals surface area contributed by atoms with E-state index in [1.165, 1.54) is 5.56 Å². The van der Waals surface area contributed by atoms with Crippen LogP contribution in [0.5, 0.6) is 5.88 Å². The predicted molar refractivity (Wildman–Crippen MR) is 58.7 cm³/mol. The average Bonchev–Trinajstić information content (AvgIpc) is 2.17. The van der Waals surface area contributed by atoms with E-state index >= 15 is 0 Å². The van der Waals surface area contributed by atoms with Crippen LogP contribution in [0.25, 0.3) is 0 Å². The summed E-state index contributed by atoms with van der Waals surface area (Å²) < 4.78 is 5.37. The third-order valence-corrected chi connectivity index (χ3v) is 2.58. The molecule has 0 aliphatic heterocycles. The monoisotopic (exact) mass is 193 g/mol. The van der Waals surface area contributed by atoms with E-state index in [-0.39, 0.29) is 0 Å². The molecule has 1 heterocycles. The number of hydrogen-bond acceptors (Lipinski definition) is 2. The SMILES string of the molecule is CCOc1cc(C(C)C(C)C)ccn1. The molecule has 78 valence electrons. The van der Waals surface area contributed by atoms with E-state index in [9.17, 15) is 0 Å². The molecule has 0 bridgehead atoms. The van der Waals surface area contributed by atoms with E-state index in [4.69, 9.17) is 4.74 Å². The summed E-state index contributed by atoms with van der Waals surface area (Å²) in [6.45, 7) is 9.33. The summed E-state index contributed by atoms with van der Waals surface area (Å²) >= 11 is 0. The minimum atomic E-state index is 0.553. The van der Waals surface area contributed by atoms with Gasteiger partial charge in [-0.1, -0.05) is 20.8 Å². The Kier molecular flexibility index (Phi) is 3.93. The zero-order valence-corrected chi connectivity index (χ0v) is 9.45. The zero-order valence-electron chi connectivity index (χ0n) is 9.45. The molecule has 2 nitrogen and oxygen atoms in total. The van der Waals surface area contributed by atoms with Crippen LogP contribution in [-0.2, 0) is 0 Å². The van der Waals surface area contributed by atoms with Crippen molar-refractivity contribution in [1.82, 2.24) is 4.98 Å². The van der Waals surface area contributed by atoms with Crippen molar-refractivity contribution in [2.45, 2.75) is 33.6 Å². The minimum Gasteiger partial charge on any atom is -0.478 e. The van der Waals surface area contributed by atoms with Crippen molar-refractivity contribution < 1.29 is 4.74 Å². The Bertz CT molecular complexity index is 283. The van der Waals surface area contributed by atoms with Crippen LogP contribution in [0.4, 0.5) is 0 Å². The van der Waals surface area contributed by atoms with Crippen molar-refractivity contribution in [3.63, 3.8) is 0 Å². The minimum absolute atomic E-state index is 0.553. The molecule has 14 heavy (non-hydrogen) atoms. The Morgan fingerprint density at radius 2 is 2.07 bits per heavy atom. The summed E-state index contributed by atoms with van der Waals surface area (Å²) in [6.07, 6.45) is 1.82. The second kappa shape index (κ2) is 4.99. The Morgan fingerprint density at radius 3 is 2.64 bits per heavy atom. The smallest absolute Gasteiger partial charge is 0.213 e. The van der Waals surface area contributed by atoms with Gasteiger partial charge in [-0.15, -0.1) is 0 Å². The Hall–Kier alpha value is -1.05. The van der Waals surface area contributed by atoms with Gasteiger partial charge in [0.05, 0.1) is 6.61 Å². The molecule has 0 saturated heterocycles. The highest BCUT2D eigenvalue weighted by molar-refractivity contribution is 5.23. The highest BCUT2D eigenvalue weighted by Gasteiger charge is 2.10. The molecule has 0 radical (unpaired) electrons. The van der Waals surface area contributed by atoms with E-state index < -0.39 is 0 Å². The van der Waals surface area contributed by atoms with Crippen molar-refractivity contribution in [3.05, 3.63) is 23.9 Å². The lowest BCUT2D eigenvalue weighted by molar-refractivity contribution is 0.326. The highest BCUT2D eigenvalue weighted by Crippen LogP contribution is 2.25. The second-order valence-electron chi connectivity index (χ2n) is 3.89. The molecule has 1 aromatic heterocycles. The molecule has 0 fully saturated rings. The summed E-state index contributed by atoms with van der Waals surface area (Å²) in [5.74, 6) is 1.93. The van der Waals surface area contributed by atoms with E-state index in [0.717, 1.165) is 5.88 Å². The fourth-order valence-corrected chi connectivity index (χ4v) is 1.32. The van der Waals surface area contributed by atoms with Crippen LogP contribution in [-0.4, -0.2) is 11.6 Å². The van der Waals surface area contributed by atoms with Crippen LogP contribution in [0.3, 0.4) is 0 Å². The topological polar surface area (TPSA) is 22.1 Å². The fourth-order valence-electron chi connectivity index (χ4n) is 1.32. The van der Waals surface area contributed by atoms with E-state index in [2.05, 4.69) is 31.8 Å². The first kappa shape index (κ1) is 11.0. The predicted octanol–water partition coefficient (Wildman–Crippen LogP) is 3.24. The maximum atomic E-state index is 5.37. The second-order valence-corrected chi connectivity index (χ2v) is 3.89. The molecule has 0 aliphatic rings. The molecule has 0 aromatic carbocycles. The van der Waals surface area contributed by atoms with E-state index in [1.54, 1.807) is 0 Å². The Morgan fingerprint density at radius 1 is 1.36 bits per heavy atom. The number of hydrogen-bond donors (Lipinski definition) is 0. The Balaban J connectivity index is 2.82. The maximum absolute atomic E-state index is 5.37. The number of aromatic nitrogens is 1. The molecule has 0 spiro atoms. The maximum Gasteiger partial charge on any atom is 0.213 e. The van der Waals surface area contributed by atoms with Gasteiger partial charge in [0, 0.05) is 12.3 Å². The lowest BCUT2D eigenvalue weighted by Crippen LogP contribution is -2.03. The third kappa shape index (κ3) is 2.72. The lowest BCUT2D eigenvalue weighted by atomic mass is 9.91. The lowest BCUT2D eigenvalue weighted by Gasteiger charge is -2.16. The summed E-state index contributed by atoms with van der Waals surface area (Å²) in [4.78, 5) is 4.15. The van der Waals surface area contributed by atoms with Gasteiger partial charge in [0.25, 0.3) is 0 Å². The van der Waals surface area contributed by atoms with Crippen LogP contribution in [0.1, 0.15) is 39.2 Å². The quantitative estimate of drug-likeness (QED) is 0.732. The number of ether oxygens (including phenoxy) is 1. The summed E-state index contributed by atoms with van der Waals surface area (Å²) in [7, 11) is 0. The van der Waals surface area contributed by atoms with Gasteiger partial charge in [-0.25, -0.2) is 4.98 Å². The summed E-state index contributed by atoms with van der Waals surface area (Å²) in [5, 5.41) is 0. The molecule has 1 unspecified atom stereocenters. The van der Waals surface area contributed by atoms with Crippen molar-refractivity contribution in [1.29, 1.82) is 0 Å². The van der Waals surface area contributed by atoms with Crippen molar-refractivity contribution in [3.8, 4) is 5.88 Å². The largest absolute Gasteiger partial charge is 0.478 e. The normalized spacial score (nSPS) is 12.9. The molecular formula is C12H19NO. The van der Waals surface area contributed by atoms with Gasteiger partial charge >= 0.3 is 0 Å². The van der Waals surface area contributed by atoms with Crippen molar-refractivity contribution >= 4 is 0 Å². The molecule has 0 aliphatic carbocycles. The molecule has 0 N–H and O–H groups in total. The third-order valence-electron chi connectivity index (χ3n) is 2.58. The van der Waals surface area contributed by atoms with E-state index in [1.807, 2.05) is 19.2 Å². The summed E-state index contributed by atoms with van der Waals surface area (Å²) in [6, 6.07) is 4.10. The highest BCUT2D eigenvalue weighted by atomic mass is 16.5. The van der Waals surface area contributed by atoms with Crippen LogP contribution in [0.2, 0.25) is 0 Å². The van der Waals surface area contributed by atoms with E-state index in [0.29, 0.717) is 18.4 Å². The fraction of sp³-hybridized carbons (Fsp3) is 0.583. The average molecular weight is 193 g/mol. The molecule has 1 aromatic rings. The van der Waals surface area contributed by atoms with Gasteiger partial charge < -0.3 is 4.74 Å². The first-order chi connectivity index (χ1) is 6.65. The van der Waals surface area contributed by atoms with Gasteiger partial charge in [-0.05, 0) is 30.4 Å². The molecule has 2 heteroatoms. The first-order valence-corrected chi connectivity index (χ1v) is 5.24. The van der Waals surface area contributed by atoms with Crippen LogP contribution in [0.15, 0.2) is 18.3 Å². The van der Waals surface area contributed by atoms with Gasteiger partial charge in [0.15, 0.2) is 0 Å². The van der Waals surface area contributed by atoms with Crippen LogP contribution >= 0.6 is 0 Å². The van der Waals surface area contributed by atoms with Crippen molar-refractivity contribution in [2.75, 3.05) is 6.61 Å². The van der Waals surface area contributed by atoms with Gasteiger partial charge in [0.1, 0.15) is 0 Å². The number of rotatable bonds is 4. The van der Waals surface area contributed by atoms with Crippen LogP contribution in [0, 0.1) is 5.92 Å². The standard InChI is InChI=1S/C12H19NO/c1-5-14-12-8-11(6-7-13-12)10(4)9(2)3/h6-10H,5H2,1-4H3. The molecule has 1 atom stereocenters. The van der Waals surface area contributed by atoms with Crippen molar-refractivity contribution in [2.24, 2.45) is 5.92 Å². The number of pyridine rings is 1. The van der Waals surface area contributed by atoms with Gasteiger partial charge in [-0.3, -0.25) is 0 Å². The molecular weight excluding hydrogens is 174 g/mol. The molecule has 1 rings (SSSR count). The Labute approximate surface area is 86.3 Å². The molecule has 0 amide bonds. The summed E-state index contributed by atoms with van der Waals surface area (Å²) in [5.41, 5.74) is 1.30. The van der Waals surface area contributed by atoms with Crippen LogP contribution < -0.4 is 4.74 Å². The van der Waals surface area contributed by atoms with Gasteiger partial charge in [-0.2, -0.15) is 0 Å². The first-order valence-electron chi connectivity index (χ1n) is 5.24. The molecule has 0 saturated carbocycles.